The lowest BCUT2D eigenvalue weighted by atomic mass is 10.0. The number of hydrogen-bond donors (Lipinski definition) is 4. The molecule has 11 heteroatoms. The predicted octanol–water partition coefficient (Wildman–Crippen LogP) is 2.33. The van der Waals surface area contributed by atoms with Gasteiger partial charge in [0.2, 0.25) is 5.91 Å². The first kappa shape index (κ1) is 29.0. The van der Waals surface area contributed by atoms with Crippen LogP contribution in [0.5, 0.6) is 11.5 Å². The number of benzene rings is 2. The minimum atomic E-state index is -1.15. The Morgan fingerprint density at radius 1 is 0.784 bits per heavy atom. The summed E-state index contributed by atoms with van der Waals surface area (Å²) in [6, 6.07) is 10.8. The van der Waals surface area contributed by atoms with Crippen LogP contribution < -0.4 is 10.6 Å². The quantitative estimate of drug-likeness (QED) is 0.178. The summed E-state index contributed by atoms with van der Waals surface area (Å²) in [6.07, 6.45) is -1.19. The number of nitrogens with one attached hydrogen (secondary N) is 2. The van der Waals surface area contributed by atoms with E-state index >= 15 is 0 Å². The molecule has 0 saturated heterocycles. The van der Waals surface area contributed by atoms with E-state index in [-0.39, 0.29) is 50.6 Å². The van der Waals surface area contributed by atoms with Crippen LogP contribution in [0.4, 0.5) is 4.79 Å². The van der Waals surface area contributed by atoms with Crippen molar-refractivity contribution in [3.63, 3.8) is 0 Å². The van der Waals surface area contributed by atoms with Crippen molar-refractivity contribution in [2.45, 2.75) is 51.8 Å². The van der Waals surface area contributed by atoms with Crippen molar-refractivity contribution in [2.24, 2.45) is 0 Å². The minimum Gasteiger partial charge on any atom is -0.504 e. The van der Waals surface area contributed by atoms with Crippen LogP contribution in [0.15, 0.2) is 48.5 Å². The van der Waals surface area contributed by atoms with Gasteiger partial charge in [-0.25, -0.2) is 14.4 Å². The molecule has 0 aromatic heterocycles. The number of phenolic OH excluding ortho intramolecular Hbond substituents is 2. The summed E-state index contributed by atoms with van der Waals surface area (Å²) < 4.78 is 15.2. The monoisotopic (exact) mass is 516 g/mol. The van der Waals surface area contributed by atoms with Gasteiger partial charge >= 0.3 is 18.0 Å². The van der Waals surface area contributed by atoms with Gasteiger partial charge in [-0.3, -0.25) is 4.79 Å². The molecular weight excluding hydrogens is 484 g/mol. The normalized spacial score (nSPS) is 12.1. The Bertz CT molecular complexity index is 1060. The zero-order valence-electron chi connectivity index (χ0n) is 20.8. The number of amides is 2. The number of esters is 2. The Morgan fingerprint density at radius 2 is 1.43 bits per heavy atom. The van der Waals surface area contributed by atoms with Crippen LogP contribution in [0.1, 0.15) is 37.8 Å². The van der Waals surface area contributed by atoms with Crippen LogP contribution in [0.25, 0.3) is 0 Å². The molecule has 0 spiro atoms. The summed E-state index contributed by atoms with van der Waals surface area (Å²) in [7, 11) is 0. The van der Waals surface area contributed by atoms with Gasteiger partial charge in [0, 0.05) is 12.8 Å². The van der Waals surface area contributed by atoms with E-state index in [1.54, 1.807) is 38.1 Å². The molecule has 0 fully saturated rings. The predicted molar refractivity (Wildman–Crippen MR) is 131 cm³/mol. The van der Waals surface area contributed by atoms with Gasteiger partial charge in [0.25, 0.3) is 0 Å². The molecule has 2 aromatic rings. The Hall–Kier alpha value is -4.28. The molecule has 2 amide bonds. The van der Waals surface area contributed by atoms with Gasteiger partial charge < -0.3 is 35.1 Å². The molecule has 0 bridgehead atoms. The first-order chi connectivity index (χ1) is 17.7. The summed E-state index contributed by atoms with van der Waals surface area (Å²) in [5.41, 5.74) is 1.23. The Kier molecular flexibility index (Phi) is 11.7. The highest BCUT2D eigenvalue weighted by Crippen LogP contribution is 2.25. The van der Waals surface area contributed by atoms with Crippen molar-refractivity contribution in [1.29, 1.82) is 0 Å². The molecule has 2 rings (SSSR count). The molecule has 2 atom stereocenters. The number of carbonyl (C=O) groups is 4. The van der Waals surface area contributed by atoms with Crippen LogP contribution in [0.3, 0.4) is 0 Å². The van der Waals surface area contributed by atoms with E-state index in [2.05, 4.69) is 10.6 Å². The largest absolute Gasteiger partial charge is 0.504 e. The van der Waals surface area contributed by atoms with Gasteiger partial charge in [-0.05, 0) is 43.5 Å². The number of aromatic hydroxyl groups is 2. The second-order valence-corrected chi connectivity index (χ2v) is 7.95. The molecule has 200 valence electrons. The highest BCUT2D eigenvalue weighted by atomic mass is 16.6. The number of alkyl carbamates (subject to hydrolysis) is 1. The highest BCUT2D eigenvalue weighted by molar-refractivity contribution is 5.86. The summed E-state index contributed by atoms with van der Waals surface area (Å²) in [5, 5.41) is 24.2. The maximum atomic E-state index is 12.7. The van der Waals surface area contributed by atoms with Gasteiger partial charge in [0.15, 0.2) is 11.5 Å². The molecule has 37 heavy (non-hydrogen) atoms. The van der Waals surface area contributed by atoms with E-state index in [0.29, 0.717) is 5.56 Å². The van der Waals surface area contributed by atoms with E-state index in [0.717, 1.165) is 5.56 Å². The number of carbonyl (C=O) groups excluding carboxylic acids is 4. The Morgan fingerprint density at radius 3 is 2.05 bits per heavy atom. The third-order valence-electron chi connectivity index (χ3n) is 5.12. The minimum absolute atomic E-state index is 0.00323. The van der Waals surface area contributed by atoms with Gasteiger partial charge in [-0.1, -0.05) is 36.4 Å². The average molecular weight is 517 g/mol. The Balaban J connectivity index is 1.98. The molecule has 0 aliphatic rings. The van der Waals surface area contributed by atoms with Crippen LogP contribution in [0, 0.1) is 0 Å². The molecule has 0 saturated carbocycles. The van der Waals surface area contributed by atoms with E-state index < -0.39 is 36.0 Å². The van der Waals surface area contributed by atoms with E-state index in [4.69, 9.17) is 14.2 Å². The molecule has 0 unspecified atom stereocenters. The van der Waals surface area contributed by atoms with Crippen molar-refractivity contribution in [1.82, 2.24) is 10.6 Å². The van der Waals surface area contributed by atoms with Crippen molar-refractivity contribution in [2.75, 3.05) is 13.2 Å². The van der Waals surface area contributed by atoms with Crippen LogP contribution >= 0.6 is 0 Å². The Labute approximate surface area is 214 Å². The zero-order chi connectivity index (χ0) is 27.2. The number of phenols is 2. The molecule has 2 aromatic carbocycles. The van der Waals surface area contributed by atoms with Crippen molar-refractivity contribution in [3.8, 4) is 11.5 Å². The summed E-state index contributed by atoms with van der Waals surface area (Å²) >= 11 is 0. The summed E-state index contributed by atoms with van der Waals surface area (Å²) in [4.78, 5) is 49.6. The fourth-order valence-electron chi connectivity index (χ4n) is 3.31. The van der Waals surface area contributed by atoms with E-state index in [9.17, 15) is 29.4 Å². The van der Waals surface area contributed by atoms with E-state index in [1.807, 2.05) is 6.07 Å². The maximum Gasteiger partial charge on any atom is 0.408 e. The SMILES string of the molecule is CCOC(=O)[C@H](Cc1ccc(O)c(O)c1)NC(=O)CC[C@H](NC(=O)OCc1ccccc1)C(=O)OCC. The maximum absolute atomic E-state index is 12.7. The van der Waals surface area contributed by atoms with Crippen molar-refractivity contribution in [3.05, 3.63) is 59.7 Å². The highest BCUT2D eigenvalue weighted by Gasteiger charge is 2.26. The molecule has 0 aliphatic heterocycles. The van der Waals surface area contributed by atoms with E-state index in [1.165, 1.54) is 18.2 Å². The second-order valence-electron chi connectivity index (χ2n) is 7.95. The molecule has 11 nitrogen and oxygen atoms in total. The van der Waals surface area contributed by atoms with Gasteiger partial charge in [-0.15, -0.1) is 0 Å². The third-order valence-corrected chi connectivity index (χ3v) is 5.12. The molecule has 0 heterocycles. The van der Waals surface area contributed by atoms with Gasteiger partial charge in [-0.2, -0.15) is 0 Å². The number of hydrogen-bond acceptors (Lipinski definition) is 9. The standard InChI is InChI=1S/C26H32N2O9/c1-3-35-24(32)19(28-26(34)37-16-17-8-6-5-7-9-17)11-13-23(31)27-20(25(33)36-4-2)14-18-10-12-21(29)22(30)15-18/h5-10,12,15,19-20,29-30H,3-4,11,13-14,16H2,1-2H3,(H,27,31)(H,28,34)/t19-,20-/m0/s1. The fourth-order valence-corrected chi connectivity index (χ4v) is 3.31. The van der Waals surface area contributed by atoms with Gasteiger partial charge in [0.1, 0.15) is 18.7 Å². The molecule has 0 aliphatic carbocycles. The zero-order valence-corrected chi connectivity index (χ0v) is 20.8. The lowest BCUT2D eigenvalue weighted by Gasteiger charge is -2.20. The molecular formula is C26H32N2O9. The summed E-state index contributed by atoms with van der Waals surface area (Å²) in [6.45, 7) is 3.39. The molecule has 0 radical (unpaired) electrons. The van der Waals surface area contributed by atoms with Crippen LogP contribution in [-0.2, 0) is 41.6 Å². The van der Waals surface area contributed by atoms with Crippen molar-refractivity contribution >= 4 is 23.9 Å². The smallest absolute Gasteiger partial charge is 0.408 e. The first-order valence-electron chi connectivity index (χ1n) is 11.8. The average Bonchev–Trinajstić information content (AvgIpc) is 2.88. The lowest BCUT2D eigenvalue weighted by molar-refractivity contribution is -0.148. The fraction of sp³-hybridized carbons (Fsp3) is 0.385. The van der Waals surface area contributed by atoms with Crippen LogP contribution in [0.2, 0.25) is 0 Å². The molecule has 4 N–H and O–H groups in total. The van der Waals surface area contributed by atoms with Crippen molar-refractivity contribution < 1.29 is 43.6 Å². The lowest BCUT2D eigenvalue weighted by Crippen LogP contribution is -2.45. The number of ether oxygens (including phenoxy) is 3. The number of rotatable bonds is 13. The first-order valence-corrected chi connectivity index (χ1v) is 11.8. The topological polar surface area (TPSA) is 160 Å². The second kappa shape index (κ2) is 15.0. The van der Waals surface area contributed by atoms with Gasteiger partial charge in [0.05, 0.1) is 13.2 Å². The third kappa shape index (κ3) is 10.1. The van der Waals surface area contributed by atoms with Crippen LogP contribution in [-0.4, -0.2) is 59.4 Å². The summed E-state index contributed by atoms with van der Waals surface area (Å²) in [5.74, 6) is -2.68.